The van der Waals surface area contributed by atoms with E-state index in [1.807, 2.05) is 12.1 Å². The lowest BCUT2D eigenvalue weighted by Crippen LogP contribution is -2.12. The molecule has 0 atom stereocenters. The quantitative estimate of drug-likeness (QED) is 0.730. The second kappa shape index (κ2) is 4.74. The van der Waals surface area contributed by atoms with E-state index in [9.17, 15) is 9.18 Å². The Morgan fingerprint density at radius 1 is 1.21 bits per heavy atom. The Morgan fingerprint density at radius 3 is 2.95 bits per heavy atom. The first-order chi connectivity index (χ1) is 9.22. The molecule has 0 fully saturated rings. The number of carbonyl (C=O) groups excluding carboxylic acids is 1. The first kappa shape index (κ1) is 11.7. The maximum atomic E-state index is 12.9. The van der Waals surface area contributed by atoms with Crippen LogP contribution < -0.4 is 5.32 Å². The predicted octanol–water partition coefficient (Wildman–Crippen LogP) is 3.08. The van der Waals surface area contributed by atoms with Gasteiger partial charge in [-0.1, -0.05) is 0 Å². The van der Waals surface area contributed by atoms with Gasteiger partial charge in [0, 0.05) is 23.5 Å². The number of anilines is 1. The molecule has 0 aliphatic rings. The summed E-state index contributed by atoms with van der Waals surface area (Å²) < 4.78 is 13.9. The van der Waals surface area contributed by atoms with Gasteiger partial charge in [-0.05, 0) is 24.3 Å². The number of carbonyl (C=O) groups is 1. The van der Waals surface area contributed by atoms with Gasteiger partial charge in [-0.2, -0.15) is 4.39 Å². The minimum atomic E-state index is -0.675. The largest absolute Gasteiger partial charge is 0.322 e. The molecule has 0 aliphatic carbocycles. The number of hydrogen-bond acceptors (Lipinski definition) is 4. The fourth-order valence-electron chi connectivity index (χ4n) is 1.68. The summed E-state index contributed by atoms with van der Waals surface area (Å²) in [5.41, 5.74) is 3.52. The fourth-order valence-corrected chi connectivity index (χ4v) is 2.40. The van der Waals surface area contributed by atoms with Gasteiger partial charge in [0.1, 0.15) is 0 Å². The number of fused-ring (bicyclic) bond motifs is 1. The predicted molar refractivity (Wildman–Crippen MR) is 71.8 cm³/mol. The van der Waals surface area contributed by atoms with Crippen LogP contribution in [0.3, 0.4) is 0 Å². The average molecular weight is 273 g/mol. The van der Waals surface area contributed by atoms with E-state index in [0.717, 1.165) is 16.3 Å². The van der Waals surface area contributed by atoms with Crippen molar-refractivity contribution in [3.8, 4) is 0 Å². The first-order valence-corrected chi connectivity index (χ1v) is 6.36. The Kier molecular flexibility index (Phi) is 2.92. The van der Waals surface area contributed by atoms with Crippen LogP contribution in [0.25, 0.3) is 10.2 Å². The molecular formula is C13H8FN3OS. The van der Waals surface area contributed by atoms with Crippen LogP contribution >= 0.6 is 11.3 Å². The Hall–Kier alpha value is -2.34. The van der Waals surface area contributed by atoms with Gasteiger partial charge >= 0.3 is 0 Å². The maximum Gasteiger partial charge on any atom is 0.255 e. The molecule has 1 amide bonds. The van der Waals surface area contributed by atoms with Crippen molar-refractivity contribution < 1.29 is 9.18 Å². The third-order valence-electron chi connectivity index (χ3n) is 2.58. The number of benzene rings is 1. The number of rotatable bonds is 2. The van der Waals surface area contributed by atoms with Crippen molar-refractivity contribution in [3.63, 3.8) is 0 Å². The van der Waals surface area contributed by atoms with Gasteiger partial charge in [0.2, 0.25) is 5.95 Å². The number of nitrogens with zero attached hydrogens (tertiary/aromatic N) is 2. The summed E-state index contributed by atoms with van der Waals surface area (Å²) in [6.45, 7) is 0. The molecule has 0 spiro atoms. The molecule has 0 bridgehead atoms. The molecule has 94 valence electrons. The summed E-state index contributed by atoms with van der Waals surface area (Å²) in [5.74, 6) is -1.05. The fraction of sp³-hybridized carbons (Fsp3) is 0. The lowest BCUT2D eigenvalue weighted by molar-refractivity contribution is 0.102. The van der Waals surface area contributed by atoms with Gasteiger partial charge in [0.05, 0.1) is 15.7 Å². The van der Waals surface area contributed by atoms with Crippen LogP contribution in [-0.2, 0) is 0 Å². The molecule has 0 saturated heterocycles. The monoisotopic (exact) mass is 273 g/mol. The minimum absolute atomic E-state index is 0.233. The number of aromatic nitrogens is 2. The van der Waals surface area contributed by atoms with Crippen molar-refractivity contribution >= 4 is 33.1 Å². The number of nitrogens with one attached hydrogen (secondary N) is 1. The first-order valence-electron chi connectivity index (χ1n) is 5.48. The van der Waals surface area contributed by atoms with Crippen molar-refractivity contribution in [3.05, 3.63) is 53.6 Å². The summed E-state index contributed by atoms with van der Waals surface area (Å²) in [6.07, 6.45) is 1.26. The number of hydrogen-bond donors (Lipinski definition) is 1. The van der Waals surface area contributed by atoms with Crippen LogP contribution in [0, 0.1) is 5.95 Å². The molecule has 0 unspecified atom stereocenters. The van der Waals surface area contributed by atoms with Crippen LogP contribution in [0.1, 0.15) is 10.4 Å². The molecule has 2 heterocycles. The molecule has 0 radical (unpaired) electrons. The van der Waals surface area contributed by atoms with Gasteiger partial charge in [-0.15, -0.1) is 11.3 Å². The van der Waals surface area contributed by atoms with E-state index in [-0.39, 0.29) is 11.5 Å². The molecular weight excluding hydrogens is 265 g/mol. The second-order valence-corrected chi connectivity index (χ2v) is 4.74. The molecule has 0 aliphatic heterocycles. The molecule has 0 saturated carbocycles. The Balaban J connectivity index is 1.86. The highest BCUT2D eigenvalue weighted by Crippen LogP contribution is 2.22. The summed E-state index contributed by atoms with van der Waals surface area (Å²) in [5, 5.41) is 2.71. The highest BCUT2D eigenvalue weighted by molar-refractivity contribution is 7.16. The molecule has 3 aromatic rings. The number of halogens is 1. The van der Waals surface area contributed by atoms with Crippen LogP contribution in [-0.4, -0.2) is 15.9 Å². The SMILES string of the molecule is O=C(Nc1ccc2ncsc2c1)c1ccnc(F)c1. The van der Waals surface area contributed by atoms with Crippen molar-refractivity contribution in [2.45, 2.75) is 0 Å². The highest BCUT2D eigenvalue weighted by atomic mass is 32.1. The summed E-state index contributed by atoms with van der Waals surface area (Å²) >= 11 is 1.49. The van der Waals surface area contributed by atoms with Gasteiger partial charge in [-0.3, -0.25) is 4.79 Å². The van der Waals surface area contributed by atoms with E-state index >= 15 is 0 Å². The summed E-state index contributed by atoms with van der Waals surface area (Å²) in [7, 11) is 0. The van der Waals surface area contributed by atoms with E-state index in [1.54, 1.807) is 11.6 Å². The van der Waals surface area contributed by atoms with Crippen molar-refractivity contribution in [1.29, 1.82) is 0 Å². The van der Waals surface area contributed by atoms with Crippen molar-refractivity contribution in [1.82, 2.24) is 9.97 Å². The number of thiazole rings is 1. The summed E-state index contributed by atoms with van der Waals surface area (Å²) in [6, 6.07) is 7.98. The third kappa shape index (κ3) is 2.43. The van der Waals surface area contributed by atoms with Gasteiger partial charge in [-0.25, -0.2) is 9.97 Å². The molecule has 2 aromatic heterocycles. The van der Waals surface area contributed by atoms with E-state index in [2.05, 4.69) is 15.3 Å². The summed E-state index contributed by atoms with van der Waals surface area (Å²) in [4.78, 5) is 19.5. The molecule has 6 heteroatoms. The van der Waals surface area contributed by atoms with Crippen molar-refractivity contribution in [2.24, 2.45) is 0 Å². The van der Waals surface area contributed by atoms with Crippen LogP contribution in [0.4, 0.5) is 10.1 Å². The Bertz CT molecular complexity index is 756. The zero-order chi connectivity index (χ0) is 13.2. The lowest BCUT2D eigenvalue weighted by Gasteiger charge is -2.05. The van der Waals surface area contributed by atoms with Crippen LogP contribution in [0.5, 0.6) is 0 Å². The van der Waals surface area contributed by atoms with E-state index in [4.69, 9.17) is 0 Å². The topological polar surface area (TPSA) is 54.9 Å². The smallest absolute Gasteiger partial charge is 0.255 e. The Labute approximate surface area is 111 Å². The van der Waals surface area contributed by atoms with E-state index < -0.39 is 5.95 Å². The van der Waals surface area contributed by atoms with E-state index in [1.165, 1.54) is 23.6 Å². The Morgan fingerprint density at radius 2 is 2.11 bits per heavy atom. The van der Waals surface area contributed by atoms with Gasteiger partial charge < -0.3 is 5.32 Å². The van der Waals surface area contributed by atoms with Gasteiger partial charge in [0.25, 0.3) is 5.91 Å². The van der Waals surface area contributed by atoms with E-state index in [0.29, 0.717) is 5.69 Å². The molecule has 1 aromatic carbocycles. The normalized spacial score (nSPS) is 10.6. The molecule has 19 heavy (non-hydrogen) atoms. The van der Waals surface area contributed by atoms with Crippen LogP contribution in [0.15, 0.2) is 42.0 Å². The highest BCUT2D eigenvalue weighted by Gasteiger charge is 2.08. The molecule has 1 N–H and O–H groups in total. The zero-order valence-corrected chi connectivity index (χ0v) is 10.4. The number of pyridine rings is 1. The van der Waals surface area contributed by atoms with Crippen molar-refractivity contribution in [2.75, 3.05) is 5.32 Å². The molecule has 3 rings (SSSR count). The maximum absolute atomic E-state index is 12.9. The second-order valence-electron chi connectivity index (χ2n) is 3.86. The lowest BCUT2D eigenvalue weighted by atomic mass is 10.2. The molecule has 4 nitrogen and oxygen atoms in total. The number of amides is 1. The zero-order valence-electron chi connectivity index (χ0n) is 9.63. The van der Waals surface area contributed by atoms with Gasteiger partial charge in [0.15, 0.2) is 0 Å². The average Bonchev–Trinajstić information content (AvgIpc) is 2.86. The minimum Gasteiger partial charge on any atom is -0.322 e. The standard InChI is InChI=1S/C13H8FN3OS/c14-12-5-8(3-4-15-12)13(18)17-9-1-2-10-11(6-9)19-7-16-10/h1-7H,(H,17,18). The van der Waals surface area contributed by atoms with Crippen LogP contribution in [0.2, 0.25) is 0 Å². The third-order valence-corrected chi connectivity index (χ3v) is 3.37.